The summed E-state index contributed by atoms with van der Waals surface area (Å²) in [6.45, 7) is 6.91. The Bertz CT molecular complexity index is 1530. The summed E-state index contributed by atoms with van der Waals surface area (Å²) in [5.74, 6) is -3.57. The first kappa shape index (κ1) is 27.2. The number of fused-ring (bicyclic) bond motifs is 1. The lowest BCUT2D eigenvalue weighted by Gasteiger charge is -2.44. The summed E-state index contributed by atoms with van der Waals surface area (Å²) < 4.78 is 34.1. The number of carbonyl (C=O) groups is 3. The van der Waals surface area contributed by atoms with Crippen molar-refractivity contribution in [3.63, 3.8) is 0 Å². The highest BCUT2D eigenvalue weighted by atomic mass is 32.2. The van der Waals surface area contributed by atoms with Crippen LogP contribution >= 0.6 is 11.8 Å². The molecule has 39 heavy (non-hydrogen) atoms. The smallest absolute Gasteiger partial charge is 0.356 e. The van der Waals surface area contributed by atoms with E-state index >= 15 is 0 Å². The molecule has 1 fully saturated rings. The maximum atomic E-state index is 13.8. The first-order valence-corrected chi connectivity index (χ1v) is 14.8. The van der Waals surface area contributed by atoms with Crippen LogP contribution in [0.25, 0.3) is 10.8 Å². The number of amides is 1. The molecule has 10 nitrogen and oxygen atoms in total. The van der Waals surface area contributed by atoms with Crippen molar-refractivity contribution >= 4 is 56.1 Å². The van der Waals surface area contributed by atoms with E-state index < -0.39 is 45.1 Å². The Hall–Kier alpha value is -3.35. The van der Waals surface area contributed by atoms with Gasteiger partial charge in [0.25, 0.3) is 10.0 Å². The van der Waals surface area contributed by atoms with Crippen molar-refractivity contribution < 1.29 is 37.3 Å². The highest BCUT2D eigenvalue weighted by molar-refractivity contribution is 8.04. The predicted molar refractivity (Wildman–Crippen MR) is 145 cm³/mol. The molecule has 3 aliphatic heterocycles. The summed E-state index contributed by atoms with van der Waals surface area (Å²) in [6.07, 6.45) is 3.12. The lowest BCUT2D eigenvalue weighted by molar-refractivity contribution is -0.260. The fraction of sp³-hybridized carbons (Fsp3) is 0.370. The lowest BCUT2D eigenvalue weighted by Crippen LogP contribution is -2.60. The van der Waals surface area contributed by atoms with Crippen LogP contribution in [0.15, 0.2) is 58.5 Å². The van der Waals surface area contributed by atoms with Gasteiger partial charge in [-0.2, -0.15) is 4.89 Å². The van der Waals surface area contributed by atoms with Gasteiger partial charge in [-0.15, -0.1) is 0 Å². The van der Waals surface area contributed by atoms with E-state index in [0.717, 1.165) is 23.8 Å². The molecule has 0 saturated carbocycles. The average molecular weight is 573 g/mol. The van der Waals surface area contributed by atoms with Crippen LogP contribution in [0.5, 0.6) is 0 Å². The number of hydrogen-bond donors (Lipinski definition) is 0. The van der Waals surface area contributed by atoms with Crippen LogP contribution in [-0.2, 0) is 45.3 Å². The van der Waals surface area contributed by atoms with Gasteiger partial charge in [0.05, 0.1) is 41.4 Å². The normalized spacial score (nSPS) is 21.6. The lowest BCUT2D eigenvalue weighted by atomic mass is 9.85. The number of aryl methyl sites for hydroxylation is 1. The molecule has 3 aliphatic rings. The highest BCUT2D eigenvalue weighted by Gasteiger charge is 2.60. The van der Waals surface area contributed by atoms with Crippen molar-refractivity contribution in [2.24, 2.45) is 11.8 Å². The first-order valence-electron chi connectivity index (χ1n) is 12.5. The summed E-state index contributed by atoms with van der Waals surface area (Å²) in [7, 11) is -2.75. The van der Waals surface area contributed by atoms with Gasteiger partial charge in [0, 0.05) is 10.3 Å². The zero-order chi connectivity index (χ0) is 28.1. The molecule has 0 aromatic heterocycles. The molecule has 206 valence electrons. The molecule has 3 heterocycles. The maximum absolute atomic E-state index is 13.8. The molecule has 1 saturated heterocycles. The minimum absolute atomic E-state index is 0.0228. The van der Waals surface area contributed by atoms with E-state index in [2.05, 4.69) is 23.3 Å². The van der Waals surface area contributed by atoms with Crippen LogP contribution in [0.3, 0.4) is 0 Å². The number of benzene rings is 2. The van der Waals surface area contributed by atoms with E-state index in [-0.39, 0.29) is 23.7 Å². The van der Waals surface area contributed by atoms with Gasteiger partial charge in [0.1, 0.15) is 12.3 Å². The number of nitrogens with zero attached hydrogens (tertiary/aromatic N) is 2. The molecular weight excluding hydrogens is 544 g/mol. The second kappa shape index (κ2) is 10.3. The fourth-order valence-electron chi connectivity index (χ4n) is 5.35. The number of rotatable bonds is 10. The SMILES string of the molecule is C=CCOC(=O)C1=C(CN2c3cccc4c(CCC)ccc(c34)S2(=O)=O)SC2C(C(C)C(=O)OOC)C(=O)N12. The van der Waals surface area contributed by atoms with E-state index in [1.165, 1.54) is 34.2 Å². The van der Waals surface area contributed by atoms with Gasteiger partial charge in [0.15, 0.2) is 0 Å². The monoisotopic (exact) mass is 572 g/mol. The Labute approximate surface area is 230 Å². The highest BCUT2D eigenvalue weighted by Crippen LogP contribution is 2.53. The molecule has 1 amide bonds. The van der Waals surface area contributed by atoms with Gasteiger partial charge in [-0.3, -0.25) is 18.9 Å². The summed E-state index contributed by atoms with van der Waals surface area (Å²) in [5.41, 5.74) is 1.56. The number of hydrogen-bond acceptors (Lipinski definition) is 9. The maximum Gasteiger partial charge on any atom is 0.356 e. The van der Waals surface area contributed by atoms with Crippen LogP contribution in [0, 0.1) is 11.8 Å². The topological polar surface area (TPSA) is 120 Å². The van der Waals surface area contributed by atoms with Crippen LogP contribution in [0.4, 0.5) is 5.69 Å². The average Bonchev–Trinajstić information content (AvgIpc) is 3.35. The number of sulfonamides is 1. The molecule has 2 aromatic carbocycles. The van der Waals surface area contributed by atoms with Gasteiger partial charge < -0.3 is 4.74 Å². The Balaban J connectivity index is 1.54. The van der Waals surface area contributed by atoms with Crippen LogP contribution in [-0.4, -0.2) is 56.8 Å². The molecule has 0 radical (unpaired) electrons. The van der Waals surface area contributed by atoms with Crippen molar-refractivity contribution in [2.75, 3.05) is 24.6 Å². The third-order valence-electron chi connectivity index (χ3n) is 7.17. The number of ether oxygens (including phenoxy) is 1. The van der Waals surface area contributed by atoms with E-state index in [0.29, 0.717) is 16.0 Å². The van der Waals surface area contributed by atoms with E-state index in [1.807, 2.05) is 18.2 Å². The molecule has 0 bridgehead atoms. The molecular formula is C27H28N2O8S2. The predicted octanol–water partition coefficient (Wildman–Crippen LogP) is 3.51. The molecule has 2 aromatic rings. The molecule has 3 atom stereocenters. The Morgan fingerprint density at radius 1 is 1.23 bits per heavy atom. The Morgan fingerprint density at radius 3 is 2.69 bits per heavy atom. The van der Waals surface area contributed by atoms with Gasteiger partial charge in [-0.25, -0.2) is 18.0 Å². The molecule has 0 N–H and O–H groups in total. The van der Waals surface area contributed by atoms with E-state index in [1.54, 1.807) is 19.1 Å². The molecule has 3 unspecified atom stereocenters. The van der Waals surface area contributed by atoms with Gasteiger partial charge in [-0.1, -0.05) is 62.9 Å². The standard InChI is InChI=1S/C27H28N2O8S2/c1-5-8-16-11-12-20-22-17(16)9-7-10-18(22)28(39(20,33)34)14-19-23(27(32)36-13-6-2)29-24(30)21(25(29)38-19)15(3)26(31)37-35-4/h6-7,9-12,15,21,25H,2,5,8,13-14H2,1,3-4H3. The molecule has 0 spiro atoms. The van der Waals surface area contributed by atoms with Crippen molar-refractivity contribution in [1.82, 2.24) is 4.90 Å². The Kier molecular flexibility index (Phi) is 7.21. The molecule has 5 rings (SSSR count). The van der Waals surface area contributed by atoms with Crippen molar-refractivity contribution in [2.45, 2.75) is 37.0 Å². The molecule has 12 heteroatoms. The number of esters is 1. The summed E-state index contributed by atoms with van der Waals surface area (Å²) in [5, 5.41) is 0.926. The zero-order valence-corrected chi connectivity index (χ0v) is 23.3. The van der Waals surface area contributed by atoms with E-state index in [4.69, 9.17) is 4.74 Å². The van der Waals surface area contributed by atoms with Crippen molar-refractivity contribution in [3.05, 3.63) is 59.2 Å². The summed E-state index contributed by atoms with van der Waals surface area (Å²) in [6, 6.07) is 8.97. The second-order valence-corrected chi connectivity index (χ2v) is 12.5. The van der Waals surface area contributed by atoms with Crippen molar-refractivity contribution in [3.8, 4) is 0 Å². The Morgan fingerprint density at radius 2 is 2.00 bits per heavy atom. The fourth-order valence-corrected chi connectivity index (χ4v) is 8.70. The van der Waals surface area contributed by atoms with E-state index in [9.17, 15) is 22.8 Å². The number of anilines is 1. The van der Waals surface area contributed by atoms with Crippen LogP contribution < -0.4 is 4.31 Å². The largest absolute Gasteiger partial charge is 0.457 e. The first-order chi connectivity index (χ1) is 18.7. The van der Waals surface area contributed by atoms with Gasteiger partial charge in [-0.05, 0) is 29.5 Å². The third kappa shape index (κ3) is 4.21. The minimum atomic E-state index is -3.94. The minimum Gasteiger partial charge on any atom is -0.457 e. The summed E-state index contributed by atoms with van der Waals surface area (Å²) in [4.78, 5) is 49.5. The zero-order valence-electron chi connectivity index (χ0n) is 21.7. The third-order valence-corrected chi connectivity index (χ3v) is 10.3. The van der Waals surface area contributed by atoms with Gasteiger partial charge in [0.2, 0.25) is 5.91 Å². The quantitative estimate of drug-likeness (QED) is 0.138. The van der Waals surface area contributed by atoms with Crippen LogP contribution in [0.1, 0.15) is 25.8 Å². The molecule has 0 aliphatic carbocycles. The van der Waals surface area contributed by atoms with Gasteiger partial charge >= 0.3 is 11.9 Å². The second-order valence-electron chi connectivity index (χ2n) is 9.44. The summed E-state index contributed by atoms with van der Waals surface area (Å²) >= 11 is 1.18. The number of thioether (sulfide) groups is 1. The number of β-lactam (4-membered cyclic amide) rings is 1. The number of carbonyl (C=O) groups excluding carboxylic acids is 3. The van der Waals surface area contributed by atoms with Crippen molar-refractivity contribution in [1.29, 1.82) is 0 Å². The van der Waals surface area contributed by atoms with Crippen LogP contribution in [0.2, 0.25) is 0 Å².